The van der Waals surface area contributed by atoms with E-state index >= 15 is 0 Å². The summed E-state index contributed by atoms with van der Waals surface area (Å²) in [4.78, 5) is 4.66. The molecule has 0 saturated heterocycles. The van der Waals surface area contributed by atoms with Gasteiger partial charge in [0.05, 0.1) is 5.69 Å². The highest BCUT2D eigenvalue weighted by Gasteiger charge is 2.09. The van der Waals surface area contributed by atoms with Crippen molar-refractivity contribution in [3.05, 3.63) is 77.4 Å². The topological polar surface area (TPSA) is 17.3 Å². The molecule has 0 N–H and O–H groups in total. The van der Waals surface area contributed by atoms with Gasteiger partial charge in [-0.15, -0.1) is 0 Å². The van der Waals surface area contributed by atoms with Gasteiger partial charge in [-0.3, -0.25) is 4.99 Å². The van der Waals surface area contributed by atoms with Gasteiger partial charge >= 0.3 is 0 Å². The van der Waals surface area contributed by atoms with Gasteiger partial charge < -0.3 is 4.57 Å². The summed E-state index contributed by atoms with van der Waals surface area (Å²) in [5, 5.41) is 2.60. The molecule has 3 aromatic carbocycles. The molecule has 2 nitrogen and oxygen atoms in total. The van der Waals surface area contributed by atoms with Gasteiger partial charge in [0.1, 0.15) is 0 Å². The van der Waals surface area contributed by atoms with Crippen LogP contribution in [0.2, 0.25) is 0 Å². The normalized spacial score (nSPS) is 11.8. The number of aryl methyl sites for hydroxylation is 3. The Hall–Kier alpha value is -2.87. The van der Waals surface area contributed by atoms with Crippen LogP contribution in [0.1, 0.15) is 23.6 Å². The number of aliphatic imine (C=N–C) groups is 1. The molecular formula is C23H22N2. The molecule has 4 rings (SSSR count). The Morgan fingerprint density at radius 3 is 2.44 bits per heavy atom. The standard InChI is InChI=1S/C23H22N2/c1-4-25-22-8-6-5-7-20(22)21-14-18(10-12-23(21)25)15-24-19-11-9-16(2)17(3)13-19/h5-15H,4H2,1-3H3. The molecule has 124 valence electrons. The van der Waals surface area contributed by atoms with Crippen LogP contribution in [0.25, 0.3) is 21.8 Å². The SMILES string of the molecule is CCn1c2ccccc2c2cc(C=Nc3ccc(C)c(C)c3)ccc21. The summed E-state index contributed by atoms with van der Waals surface area (Å²) in [5.74, 6) is 0. The fourth-order valence-corrected chi connectivity index (χ4v) is 3.45. The Balaban J connectivity index is 1.79. The molecule has 0 radical (unpaired) electrons. The van der Waals surface area contributed by atoms with Crippen LogP contribution in [0.5, 0.6) is 0 Å². The lowest BCUT2D eigenvalue weighted by Crippen LogP contribution is -1.92. The van der Waals surface area contributed by atoms with Gasteiger partial charge in [-0.25, -0.2) is 0 Å². The number of rotatable bonds is 3. The fourth-order valence-electron chi connectivity index (χ4n) is 3.45. The molecule has 0 aliphatic rings. The van der Waals surface area contributed by atoms with Crippen LogP contribution < -0.4 is 0 Å². The van der Waals surface area contributed by atoms with Gasteiger partial charge in [-0.05, 0) is 67.8 Å². The Kier molecular flexibility index (Phi) is 3.89. The van der Waals surface area contributed by atoms with Crippen molar-refractivity contribution in [1.29, 1.82) is 0 Å². The third-order valence-corrected chi connectivity index (χ3v) is 4.97. The molecule has 1 heterocycles. The second kappa shape index (κ2) is 6.21. The van der Waals surface area contributed by atoms with E-state index in [0.717, 1.165) is 17.8 Å². The van der Waals surface area contributed by atoms with Crippen LogP contribution in [0.3, 0.4) is 0 Å². The van der Waals surface area contributed by atoms with Gasteiger partial charge in [0.2, 0.25) is 0 Å². The predicted octanol–water partition coefficient (Wildman–Crippen LogP) is 6.18. The maximum atomic E-state index is 4.66. The first-order valence-corrected chi connectivity index (χ1v) is 8.79. The first-order chi connectivity index (χ1) is 12.2. The van der Waals surface area contributed by atoms with Crippen LogP contribution in [0.4, 0.5) is 5.69 Å². The third-order valence-electron chi connectivity index (χ3n) is 4.97. The van der Waals surface area contributed by atoms with Gasteiger partial charge in [0, 0.05) is 34.6 Å². The minimum Gasteiger partial charge on any atom is -0.341 e. The molecule has 4 aromatic rings. The molecule has 0 unspecified atom stereocenters. The van der Waals surface area contributed by atoms with Crippen molar-refractivity contribution in [2.75, 3.05) is 0 Å². The average molecular weight is 326 g/mol. The second-order valence-electron chi connectivity index (χ2n) is 6.56. The largest absolute Gasteiger partial charge is 0.341 e. The number of hydrogen-bond acceptors (Lipinski definition) is 1. The zero-order chi connectivity index (χ0) is 17.4. The Morgan fingerprint density at radius 2 is 1.64 bits per heavy atom. The van der Waals surface area contributed by atoms with Crippen molar-refractivity contribution < 1.29 is 0 Å². The summed E-state index contributed by atoms with van der Waals surface area (Å²) in [6.45, 7) is 7.42. The van der Waals surface area contributed by atoms with Crippen molar-refractivity contribution in [1.82, 2.24) is 4.57 Å². The van der Waals surface area contributed by atoms with E-state index in [9.17, 15) is 0 Å². The molecular weight excluding hydrogens is 304 g/mol. The van der Waals surface area contributed by atoms with Crippen molar-refractivity contribution in [2.45, 2.75) is 27.3 Å². The molecule has 0 fully saturated rings. The van der Waals surface area contributed by atoms with E-state index in [1.165, 1.54) is 32.9 Å². The molecule has 2 heteroatoms. The molecule has 0 spiro atoms. The van der Waals surface area contributed by atoms with E-state index in [4.69, 9.17) is 0 Å². The van der Waals surface area contributed by atoms with Crippen LogP contribution in [-0.4, -0.2) is 10.8 Å². The first kappa shape index (κ1) is 15.6. The molecule has 0 aliphatic carbocycles. The lowest BCUT2D eigenvalue weighted by atomic mass is 10.1. The molecule has 1 aromatic heterocycles. The zero-order valence-corrected chi connectivity index (χ0v) is 15.0. The minimum absolute atomic E-state index is 0.972. The fraction of sp³-hybridized carbons (Fsp3) is 0.174. The third kappa shape index (κ3) is 2.74. The Bertz CT molecular complexity index is 1100. The van der Waals surface area contributed by atoms with Crippen LogP contribution in [0, 0.1) is 13.8 Å². The van der Waals surface area contributed by atoms with Crippen LogP contribution in [-0.2, 0) is 6.54 Å². The van der Waals surface area contributed by atoms with Crippen molar-refractivity contribution in [2.24, 2.45) is 4.99 Å². The molecule has 0 atom stereocenters. The Labute approximate surface area is 148 Å². The summed E-state index contributed by atoms with van der Waals surface area (Å²) in [6.07, 6.45) is 1.96. The molecule has 25 heavy (non-hydrogen) atoms. The van der Waals surface area contributed by atoms with Gasteiger partial charge in [-0.1, -0.05) is 30.3 Å². The summed E-state index contributed by atoms with van der Waals surface area (Å²) in [7, 11) is 0. The smallest absolute Gasteiger partial charge is 0.0632 e. The van der Waals surface area contributed by atoms with E-state index in [1.54, 1.807) is 0 Å². The lowest BCUT2D eigenvalue weighted by molar-refractivity contribution is 0.827. The van der Waals surface area contributed by atoms with Crippen molar-refractivity contribution >= 4 is 33.7 Å². The summed E-state index contributed by atoms with van der Waals surface area (Å²) in [5.41, 5.74) is 7.28. The molecule has 0 saturated carbocycles. The van der Waals surface area contributed by atoms with Gasteiger partial charge in [0.15, 0.2) is 0 Å². The minimum atomic E-state index is 0.972. The van der Waals surface area contributed by atoms with Crippen molar-refractivity contribution in [3.8, 4) is 0 Å². The number of para-hydroxylation sites is 1. The first-order valence-electron chi connectivity index (χ1n) is 8.79. The maximum absolute atomic E-state index is 4.66. The van der Waals surface area contributed by atoms with E-state index in [1.807, 2.05) is 6.21 Å². The molecule has 0 aliphatic heterocycles. The monoisotopic (exact) mass is 326 g/mol. The van der Waals surface area contributed by atoms with Crippen LogP contribution in [0.15, 0.2) is 65.7 Å². The highest BCUT2D eigenvalue weighted by atomic mass is 15.0. The summed E-state index contributed by atoms with van der Waals surface area (Å²) >= 11 is 0. The van der Waals surface area contributed by atoms with E-state index in [0.29, 0.717) is 0 Å². The maximum Gasteiger partial charge on any atom is 0.0632 e. The van der Waals surface area contributed by atoms with E-state index in [2.05, 4.69) is 91.0 Å². The lowest BCUT2D eigenvalue weighted by Gasteiger charge is -2.03. The highest BCUT2D eigenvalue weighted by molar-refractivity contribution is 6.09. The Morgan fingerprint density at radius 1 is 0.840 bits per heavy atom. The van der Waals surface area contributed by atoms with Crippen LogP contribution >= 0.6 is 0 Å². The van der Waals surface area contributed by atoms with E-state index in [-0.39, 0.29) is 0 Å². The number of benzene rings is 3. The van der Waals surface area contributed by atoms with Gasteiger partial charge in [-0.2, -0.15) is 0 Å². The number of fused-ring (bicyclic) bond motifs is 3. The average Bonchev–Trinajstić information content (AvgIpc) is 2.96. The molecule has 0 bridgehead atoms. The zero-order valence-electron chi connectivity index (χ0n) is 15.0. The predicted molar refractivity (Wildman–Crippen MR) is 108 cm³/mol. The quantitative estimate of drug-likeness (QED) is 0.400. The van der Waals surface area contributed by atoms with E-state index < -0.39 is 0 Å². The summed E-state index contributed by atoms with van der Waals surface area (Å²) in [6, 6.07) is 21.5. The number of nitrogens with zero attached hydrogens (tertiary/aromatic N) is 2. The summed E-state index contributed by atoms with van der Waals surface area (Å²) < 4.78 is 2.37. The highest BCUT2D eigenvalue weighted by Crippen LogP contribution is 2.29. The second-order valence-corrected chi connectivity index (χ2v) is 6.56. The number of hydrogen-bond donors (Lipinski definition) is 0. The number of aromatic nitrogens is 1. The molecule has 0 amide bonds. The van der Waals surface area contributed by atoms with Crippen molar-refractivity contribution in [3.63, 3.8) is 0 Å². The van der Waals surface area contributed by atoms with Gasteiger partial charge in [0.25, 0.3) is 0 Å².